The normalized spacial score (nSPS) is 16.6. The fourth-order valence-corrected chi connectivity index (χ4v) is 2.14. The van der Waals surface area contributed by atoms with E-state index in [1.54, 1.807) is 17.0 Å². The molecule has 0 atom stereocenters. The minimum Gasteiger partial charge on any atom is -0.399 e. The maximum absolute atomic E-state index is 12.0. The fraction of sp³-hybridized carbons (Fsp3) is 0.462. The van der Waals surface area contributed by atoms with Crippen LogP contribution in [0.5, 0.6) is 0 Å². The molecule has 0 unspecified atom stereocenters. The van der Waals surface area contributed by atoms with Gasteiger partial charge in [-0.25, -0.2) is 4.79 Å². The van der Waals surface area contributed by atoms with Crippen molar-refractivity contribution in [3.8, 4) is 0 Å². The number of nitrogens with one attached hydrogen (secondary N) is 1. The molecule has 1 aromatic carbocycles. The molecule has 1 heterocycles. The number of likely N-dealkylation sites (tertiary alicyclic amines) is 1. The summed E-state index contributed by atoms with van der Waals surface area (Å²) < 4.78 is 0. The van der Waals surface area contributed by atoms with E-state index in [1.807, 2.05) is 12.1 Å². The predicted molar refractivity (Wildman–Crippen MR) is 71.3 cm³/mol. The molecule has 0 bridgehead atoms. The summed E-state index contributed by atoms with van der Waals surface area (Å²) in [4.78, 5) is 13.8. The van der Waals surface area contributed by atoms with Crippen LogP contribution in [0.15, 0.2) is 24.3 Å². The second kappa shape index (κ2) is 5.73. The van der Waals surface area contributed by atoms with Crippen LogP contribution in [0.3, 0.4) is 0 Å². The number of rotatable bonds is 2. The zero-order valence-corrected chi connectivity index (χ0v) is 10.3. The summed E-state index contributed by atoms with van der Waals surface area (Å²) in [6, 6.07) is 7.04. The van der Waals surface area contributed by atoms with Crippen molar-refractivity contribution in [3.63, 3.8) is 0 Å². The van der Waals surface area contributed by atoms with Gasteiger partial charge in [0.05, 0.1) is 0 Å². The third-order valence-corrected chi connectivity index (χ3v) is 3.30. The number of aliphatic hydroxyl groups is 1. The van der Waals surface area contributed by atoms with E-state index in [1.165, 1.54) is 0 Å². The molecule has 0 aliphatic carbocycles. The van der Waals surface area contributed by atoms with E-state index in [0.717, 1.165) is 12.8 Å². The maximum atomic E-state index is 12.0. The quantitative estimate of drug-likeness (QED) is 0.695. The lowest BCUT2D eigenvalue weighted by molar-refractivity contribution is 0.143. The second-order valence-electron chi connectivity index (χ2n) is 4.67. The Morgan fingerprint density at radius 2 is 2.17 bits per heavy atom. The smallest absolute Gasteiger partial charge is 0.321 e. The molecule has 98 valence electrons. The molecule has 0 radical (unpaired) electrons. The molecule has 2 amide bonds. The largest absolute Gasteiger partial charge is 0.399 e. The lowest BCUT2D eigenvalue weighted by Gasteiger charge is -2.31. The van der Waals surface area contributed by atoms with Crippen molar-refractivity contribution in [2.45, 2.75) is 12.8 Å². The number of carbonyl (C=O) groups is 1. The number of anilines is 2. The monoisotopic (exact) mass is 249 g/mol. The molecule has 0 saturated carbocycles. The van der Waals surface area contributed by atoms with Gasteiger partial charge < -0.3 is 21.1 Å². The highest BCUT2D eigenvalue weighted by Gasteiger charge is 2.22. The first-order valence-electron chi connectivity index (χ1n) is 6.21. The summed E-state index contributed by atoms with van der Waals surface area (Å²) in [6.07, 6.45) is 1.72. The molecular weight excluding hydrogens is 230 g/mol. The van der Waals surface area contributed by atoms with Gasteiger partial charge >= 0.3 is 6.03 Å². The van der Waals surface area contributed by atoms with Crippen LogP contribution in [0.25, 0.3) is 0 Å². The predicted octanol–water partition coefficient (Wildman–Crippen LogP) is 1.50. The summed E-state index contributed by atoms with van der Waals surface area (Å²) in [6.45, 7) is 1.60. The molecule has 1 aliphatic rings. The van der Waals surface area contributed by atoms with Crippen LogP contribution in [0.2, 0.25) is 0 Å². The van der Waals surface area contributed by atoms with Crippen LogP contribution in [0.1, 0.15) is 12.8 Å². The number of nitrogens with zero attached hydrogens (tertiary/aromatic N) is 1. The number of nitrogen functional groups attached to an aromatic ring is 1. The summed E-state index contributed by atoms with van der Waals surface area (Å²) in [5, 5.41) is 11.9. The van der Waals surface area contributed by atoms with E-state index in [4.69, 9.17) is 10.8 Å². The first-order valence-corrected chi connectivity index (χ1v) is 6.21. The standard InChI is InChI=1S/C13H19N3O2/c14-11-2-1-3-12(8-11)15-13(18)16-6-4-10(9-17)5-7-16/h1-3,8,10,17H,4-7,9,14H2,(H,15,18). The Kier molecular flexibility index (Phi) is 4.04. The van der Waals surface area contributed by atoms with Gasteiger partial charge in [0.25, 0.3) is 0 Å². The van der Waals surface area contributed by atoms with Crippen LogP contribution >= 0.6 is 0 Å². The Balaban J connectivity index is 1.89. The van der Waals surface area contributed by atoms with Crippen LogP contribution in [-0.4, -0.2) is 35.7 Å². The Bertz CT molecular complexity index is 414. The highest BCUT2D eigenvalue weighted by molar-refractivity contribution is 5.89. The third kappa shape index (κ3) is 3.13. The Morgan fingerprint density at radius 3 is 2.78 bits per heavy atom. The van der Waals surface area contributed by atoms with Gasteiger partial charge in [-0.3, -0.25) is 0 Å². The lowest BCUT2D eigenvalue weighted by atomic mass is 9.98. The molecular formula is C13H19N3O2. The summed E-state index contributed by atoms with van der Waals surface area (Å²) in [5.74, 6) is 0.335. The summed E-state index contributed by atoms with van der Waals surface area (Å²) in [5.41, 5.74) is 7.00. The van der Waals surface area contributed by atoms with Gasteiger partial charge in [-0.1, -0.05) is 6.07 Å². The van der Waals surface area contributed by atoms with E-state index in [0.29, 0.717) is 30.4 Å². The van der Waals surface area contributed by atoms with Crippen LogP contribution < -0.4 is 11.1 Å². The average Bonchev–Trinajstić information content (AvgIpc) is 2.39. The van der Waals surface area contributed by atoms with Gasteiger partial charge in [-0.05, 0) is 37.0 Å². The fourth-order valence-electron chi connectivity index (χ4n) is 2.14. The maximum Gasteiger partial charge on any atom is 0.321 e. The highest BCUT2D eigenvalue weighted by atomic mass is 16.3. The summed E-state index contributed by atoms with van der Waals surface area (Å²) >= 11 is 0. The number of piperidine rings is 1. The van der Waals surface area contributed by atoms with Gasteiger partial charge in [0.2, 0.25) is 0 Å². The zero-order chi connectivity index (χ0) is 13.0. The van der Waals surface area contributed by atoms with E-state index in [2.05, 4.69) is 5.32 Å². The van der Waals surface area contributed by atoms with E-state index < -0.39 is 0 Å². The Morgan fingerprint density at radius 1 is 1.44 bits per heavy atom. The first-order chi connectivity index (χ1) is 8.69. The van der Waals surface area contributed by atoms with Crippen molar-refractivity contribution in [2.75, 3.05) is 30.7 Å². The van der Waals surface area contributed by atoms with Crippen LogP contribution in [0.4, 0.5) is 16.2 Å². The molecule has 18 heavy (non-hydrogen) atoms. The number of carbonyl (C=O) groups excluding carboxylic acids is 1. The molecule has 0 aromatic heterocycles. The lowest BCUT2D eigenvalue weighted by Crippen LogP contribution is -2.41. The SMILES string of the molecule is Nc1cccc(NC(=O)N2CCC(CO)CC2)c1. The Labute approximate surface area is 107 Å². The second-order valence-corrected chi connectivity index (χ2v) is 4.67. The number of benzene rings is 1. The first kappa shape index (κ1) is 12.7. The van der Waals surface area contributed by atoms with Crippen molar-refractivity contribution < 1.29 is 9.90 Å². The number of hydrogen-bond donors (Lipinski definition) is 3. The molecule has 5 heteroatoms. The van der Waals surface area contributed by atoms with Gasteiger partial charge in [-0.2, -0.15) is 0 Å². The number of amides is 2. The van der Waals surface area contributed by atoms with E-state index >= 15 is 0 Å². The number of nitrogens with two attached hydrogens (primary N) is 1. The van der Waals surface area contributed by atoms with Crippen LogP contribution in [0, 0.1) is 5.92 Å². The highest BCUT2D eigenvalue weighted by Crippen LogP contribution is 2.18. The molecule has 1 aromatic rings. The van der Waals surface area contributed by atoms with Crippen molar-refractivity contribution in [3.05, 3.63) is 24.3 Å². The minimum atomic E-state index is -0.100. The molecule has 4 N–H and O–H groups in total. The van der Waals surface area contributed by atoms with Crippen LogP contribution in [-0.2, 0) is 0 Å². The van der Waals surface area contributed by atoms with Crippen molar-refractivity contribution in [1.29, 1.82) is 0 Å². The number of aliphatic hydroxyl groups excluding tert-OH is 1. The topological polar surface area (TPSA) is 78.6 Å². The van der Waals surface area contributed by atoms with Crippen molar-refractivity contribution in [1.82, 2.24) is 4.90 Å². The minimum absolute atomic E-state index is 0.100. The molecule has 2 rings (SSSR count). The molecule has 0 spiro atoms. The number of urea groups is 1. The average molecular weight is 249 g/mol. The van der Waals surface area contributed by atoms with E-state index in [9.17, 15) is 4.79 Å². The molecule has 1 aliphatic heterocycles. The summed E-state index contributed by atoms with van der Waals surface area (Å²) in [7, 11) is 0. The third-order valence-electron chi connectivity index (χ3n) is 3.30. The van der Waals surface area contributed by atoms with Crippen molar-refractivity contribution in [2.24, 2.45) is 5.92 Å². The van der Waals surface area contributed by atoms with E-state index in [-0.39, 0.29) is 12.6 Å². The zero-order valence-electron chi connectivity index (χ0n) is 10.3. The molecule has 1 fully saturated rings. The van der Waals surface area contributed by atoms with Gasteiger partial charge in [0.1, 0.15) is 0 Å². The van der Waals surface area contributed by atoms with Crippen molar-refractivity contribution >= 4 is 17.4 Å². The Hall–Kier alpha value is -1.75. The van der Waals surface area contributed by atoms with Gasteiger partial charge in [-0.15, -0.1) is 0 Å². The van der Waals surface area contributed by atoms with Gasteiger partial charge in [0.15, 0.2) is 0 Å². The molecule has 5 nitrogen and oxygen atoms in total. The number of hydrogen-bond acceptors (Lipinski definition) is 3. The van der Waals surface area contributed by atoms with Gasteiger partial charge in [0, 0.05) is 31.1 Å². The molecule has 1 saturated heterocycles.